The van der Waals surface area contributed by atoms with E-state index in [9.17, 15) is 0 Å². The maximum absolute atomic E-state index is 15.7. The summed E-state index contributed by atoms with van der Waals surface area (Å²) in [4.78, 5) is 62.0. The molecule has 13 nitrogen and oxygen atoms in total. The first-order chi connectivity index (χ1) is 41.6. The Morgan fingerprint density at radius 3 is 1.54 bits per heavy atom. The summed E-state index contributed by atoms with van der Waals surface area (Å²) in [5.74, 6) is -2.02. The molecule has 2 amide bonds. The van der Waals surface area contributed by atoms with E-state index in [1.54, 1.807) is 0 Å². The molecule has 85 heavy (non-hydrogen) atoms. The van der Waals surface area contributed by atoms with Crippen LogP contribution >= 0.6 is 46.0 Å². The molecule has 0 aliphatic carbocycles. The lowest BCUT2D eigenvalue weighted by Crippen LogP contribution is -2.72. The molecule has 2 aliphatic rings. The van der Waals surface area contributed by atoms with Crippen molar-refractivity contribution in [1.29, 1.82) is 0 Å². The number of anilines is 2. The SMILES string of the molecule is CN(C)c1nnc(SC2=C(C(=O)OC(c3ccccc3)c3ccccc3)N3C(=O)[C@@H](NC(=O)C(=NOC(c4ccccc4)(c4ccccc4)c4ccccc4)c4nc(NC(c5ccccc5)(c5ccccc5)c5ccccc5)sc4Cl)[C@H]3CC2)s1. The van der Waals surface area contributed by atoms with Gasteiger partial charge < -0.3 is 25.1 Å². The van der Waals surface area contributed by atoms with Crippen LogP contribution in [0.15, 0.2) is 263 Å². The number of hydrogen-bond acceptors (Lipinski definition) is 14. The first-order valence-corrected chi connectivity index (χ1v) is 30.4. The van der Waals surface area contributed by atoms with Crippen LogP contribution in [0.2, 0.25) is 4.34 Å². The van der Waals surface area contributed by atoms with Crippen molar-refractivity contribution in [1.82, 2.24) is 25.4 Å². The second-order valence-corrected chi connectivity index (χ2v) is 24.3. The van der Waals surface area contributed by atoms with Crippen LogP contribution in [0.1, 0.15) is 69.1 Å². The number of carbonyl (C=O) groups is 3. The van der Waals surface area contributed by atoms with E-state index < -0.39 is 47.1 Å². The van der Waals surface area contributed by atoms with Crippen molar-refractivity contribution >= 4 is 79.8 Å². The van der Waals surface area contributed by atoms with E-state index >= 15 is 14.4 Å². The van der Waals surface area contributed by atoms with Crippen LogP contribution in [0, 0.1) is 0 Å². The molecule has 2 aromatic heterocycles. The largest absolute Gasteiger partial charge is 0.448 e. The van der Waals surface area contributed by atoms with Crippen molar-refractivity contribution < 1.29 is 24.0 Å². The molecule has 17 heteroatoms. The molecule has 0 spiro atoms. The molecule has 422 valence electrons. The molecule has 4 heterocycles. The standard InChI is InChI=1S/C68H55ClN8O5S3/c1-76(2)65-73-74-66(85-65)83-54-44-43-53-55(62(79)77(53)58(54)63(80)81-59(45-27-11-3-12-28-45)46-29-13-4-14-30-46)70-61(78)57(75-82-68(50-37-21-8-22-38-50,51-39-23-9-24-40-51)52-41-25-10-26-42-52)56-60(69)84-64(71-56)72-67(47-31-15-5-16-32-47,48-33-17-6-18-34-48)49-35-19-7-20-36-49/h3-42,53,55,59H,43-44H2,1-2H3,(H,70,78)(H,71,72)/t53-,55+/m1/s1. The fourth-order valence-electron chi connectivity index (χ4n) is 11.0. The van der Waals surface area contributed by atoms with Gasteiger partial charge in [-0.2, -0.15) is 0 Å². The lowest BCUT2D eigenvalue weighted by Gasteiger charge is -2.50. The predicted octanol–water partition coefficient (Wildman–Crippen LogP) is 13.7. The van der Waals surface area contributed by atoms with E-state index in [1.807, 2.05) is 225 Å². The minimum absolute atomic E-state index is 0.00924. The lowest BCUT2D eigenvalue weighted by atomic mass is 9.77. The van der Waals surface area contributed by atoms with Crippen LogP contribution in [0.5, 0.6) is 0 Å². The molecular formula is C68H55ClN8O5S3. The highest BCUT2D eigenvalue weighted by Gasteiger charge is 2.55. The molecule has 12 rings (SSSR count). The first kappa shape index (κ1) is 56.3. The topological polar surface area (TPSA) is 151 Å². The summed E-state index contributed by atoms with van der Waals surface area (Å²) in [5, 5.41) is 21.6. The minimum atomic E-state index is -1.43. The molecule has 1 saturated heterocycles. The van der Waals surface area contributed by atoms with Gasteiger partial charge in [-0.25, -0.2) is 9.78 Å². The number of nitrogens with one attached hydrogen (secondary N) is 2. The molecular weight excluding hydrogens is 1140 g/mol. The number of allylic oxidation sites excluding steroid dienone is 1. The summed E-state index contributed by atoms with van der Waals surface area (Å²) in [6, 6.07) is 76.3. The third kappa shape index (κ3) is 11.2. The summed E-state index contributed by atoms with van der Waals surface area (Å²) in [7, 11) is 3.76. The van der Waals surface area contributed by atoms with Crippen LogP contribution in [0.4, 0.5) is 10.3 Å². The number of halogens is 1. The highest BCUT2D eigenvalue weighted by Crippen LogP contribution is 2.47. The van der Waals surface area contributed by atoms with Crippen molar-refractivity contribution in [2.75, 3.05) is 24.3 Å². The first-order valence-electron chi connectivity index (χ1n) is 27.5. The number of fused-ring (bicyclic) bond motifs is 1. The van der Waals surface area contributed by atoms with Gasteiger partial charge in [0.05, 0.1) is 6.04 Å². The van der Waals surface area contributed by atoms with Gasteiger partial charge in [-0.15, -0.1) is 10.2 Å². The normalized spacial score (nSPS) is 15.2. The monoisotopic (exact) mass is 1190 g/mol. The van der Waals surface area contributed by atoms with Gasteiger partial charge in [0, 0.05) is 35.7 Å². The molecule has 2 aliphatic heterocycles. The highest BCUT2D eigenvalue weighted by atomic mass is 35.5. The Balaban J connectivity index is 0.952. The summed E-state index contributed by atoms with van der Waals surface area (Å²) < 4.78 is 7.21. The Bertz CT molecular complexity index is 3780. The van der Waals surface area contributed by atoms with Gasteiger partial charge in [0.2, 0.25) is 10.7 Å². The number of oxime groups is 1. The number of ether oxygens (including phenoxy) is 1. The molecule has 0 saturated carbocycles. The molecule has 1 fully saturated rings. The van der Waals surface area contributed by atoms with Crippen LogP contribution in [-0.2, 0) is 35.1 Å². The van der Waals surface area contributed by atoms with E-state index in [1.165, 1.54) is 28.0 Å². The molecule has 0 unspecified atom stereocenters. The van der Waals surface area contributed by atoms with E-state index in [4.69, 9.17) is 31.3 Å². The van der Waals surface area contributed by atoms with Gasteiger partial charge in [0.1, 0.15) is 27.3 Å². The van der Waals surface area contributed by atoms with Gasteiger partial charge >= 0.3 is 5.97 Å². The zero-order valence-electron chi connectivity index (χ0n) is 46.1. The molecule has 10 aromatic rings. The Kier molecular flexibility index (Phi) is 16.5. The van der Waals surface area contributed by atoms with Crippen LogP contribution < -0.4 is 15.5 Å². The van der Waals surface area contributed by atoms with Crippen LogP contribution in [0.3, 0.4) is 0 Å². The molecule has 2 N–H and O–H groups in total. The maximum atomic E-state index is 15.7. The summed E-state index contributed by atoms with van der Waals surface area (Å²) >= 11 is 11.2. The third-order valence-corrected chi connectivity index (χ3v) is 18.5. The smallest absolute Gasteiger partial charge is 0.356 e. The van der Waals surface area contributed by atoms with E-state index in [0.29, 0.717) is 32.3 Å². The Labute approximate surface area is 509 Å². The zero-order valence-corrected chi connectivity index (χ0v) is 49.3. The number of amides is 2. The predicted molar refractivity (Wildman–Crippen MR) is 337 cm³/mol. The molecule has 2 atom stereocenters. The van der Waals surface area contributed by atoms with E-state index in [0.717, 1.165) is 55.8 Å². The van der Waals surface area contributed by atoms with Crippen molar-refractivity contribution in [2.24, 2.45) is 5.16 Å². The highest BCUT2D eigenvalue weighted by molar-refractivity contribution is 8.04. The van der Waals surface area contributed by atoms with E-state index in [2.05, 4.69) is 57.2 Å². The average Bonchev–Trinajstić information content (AvgIpc) is 2.10. The second kappa shape index (κ2) is 24.9. The maximum Gasteiger partial charge on any atom is 0.356 e. The van der Waals surface area contributed by atoms with Crippen LogP contribution in [-0.4, -0.2) is 69.8 Å². The summed E-state index contributed by atoms with van der Waals surface area (Å²) in [6.45, 7) is 0. The quantitative estimate of drug-likeness (QED) is 0.0247. The zero-order chi connectivity index (χ0) is 58.3. The minimum Gasteiger partial charge on any atom is -0.448 e. The summed E-state index contributed by atoms with van der Waals surface area (Å²) in [5.41, 5.74) is 3.78. The lowest BCUT2D eigenvalue weighted by molar-refractivity contribution is -0.158. The number of β-lactam (4-membered cyclic amide) rings is 1. The number of nitrogens with zero attached hydrogens (tertiary/aromatic N) is 6. The number of carbonyl (C=O) groups excluding carboxylic acids is 3. The van der Waals surface area contributed by atoms with Gasteiger partial charge in [0.15, 0.2) is 21.3 Å². The second-order valence-electron chi connectivity index (χ2n) is 20.4. The number of thioether (sulfide) groups is 1. The number of hydrogen-bond donors (Lipinski definition) is 2. The Morgan fingerprint density at radius 2 is 1.09 bits per heavy atom. The number of benzene rings is 8. The summed E-state index contributed by atoms with van der Waals surface area (Å²) in [6.07, 6.45) is -0.0774. The van der Waals surface area contributed by atoms with Gasteiger partial charge in [-0.05, 0) is 40.7 Å². The fraction of sp³-hybridized carbons (Fsp3) is 0.132. The Hall–Kier alpha value is -9.19. The number of rotatable bonds is 20. The van der Waals surface area contributed by atoms with Crippen molar-refractivity contribution in [3.05, 3.63) is 308 Å². The average molecular weight is 1200 g/mol. The third-order valence-electron chi connectivity index (χ3n) is 15.0. The molecule has 8 aromatic carbocycles. The molecule has 0 bridgehead atoms. The van der Waals surface area contributed by atoms with Crippen LogP contribution in [0.25, 0.3) is 0 Å². The van der Waals surface area contributed by atoms with Crippen molar-refractivity contribution in [2.45, 2.75) is 46.5 Å². The number of aromatic nitrogens is 3. The van der Waals surface area contributed by atoms with Crippen molar-refractivity contribution in [3.63, 3.8) is 0 Å². The number of esters is 1. The van der Waals surface area contributed by atoms with Gasteiger partial charge in [-0.1, -0.05) is 294 Å². The van der Waals surface area contributed by atoms with Crippen molar-refractivity contribution in [3.8, 4) is 0 Å². The number of thiazole rings is 1. The van der Waals surface area contributed by atoms with Gasteiger partial charge in [0.25, 0.3) is 11.8 Å². The molecule has 0 radical (unpaired) electrons. The fourth-order valence-corrected chi connectivity index (χ4v) is 14.1. The van der Waals surface area contributed by atoms with Gasteiger partial charge in [-0.3, -0.25) is 14.5 Å². The Morgan fingerprint density at radius 1 is 0.647 bits per heavy atom. The van der Waals surface area contributed by atoms with E-state index in [-0.39, 0.29) is 21.4 Å².